The van der Waals surface area contributed by atoms with E-state index in [1.807, 2.05) is 0 Å². The first-order chi connectivity index (χ1) is 8.37. The molecule has 1 aliphatic carbocycles. The number of carboxylic acid groups (broad SMARTS) is 1. The van der Waals surface area contributed by atoms with Gasteiger partial charge in [0.05, 0.1) is 11.8 Å². The molecule has 98 valence electrons. The van der Waals surface area contributed by atoms with E-state index in [0.29, 0.717) is 5.56 Å². The minimum absolute atomic E-state index is 0.0106. The van der Waals surface area contributed by atoms with Gasteiger partial charge in [-0.1, -0.05) is 6.07 Å². The molecular formula is C12H12F3NO2. The number of carboxylic acids is 1. The van der Waals surface area contributed by atoms with E-state index >= 15 is 0 Å². The molecule has 1 saturated carbocycles. The maximum Gasteiger partial charge on any atom is 0.395 e. The van der Waals surface area contributed by atoms with Crippen LogP contribution in [-0.4, -0.2) is 22.2 Å². The van der Waals surface area contributed by atoms with Crippen molar-refractivity contribution in [2.45, 2.75) is 31.4 Å². The van der Waals surface area contributed by atoms with Crippen molar-refractivity contribution in [1.82, 2.24) is 4.98 Å². The van der Waals surface area contributed by atoms with Crippen molar-refractivity contribution in [1.29, 1.82) is 0 Å². The Labute approximate surface area is 102 Å². The highest BCUT2D eigenvalue weighted by atomic mass is 19.4. The summed E-state index contributed by atoms with van der Waals surface area (Å²) in [5.41, 5.74) is -1.54. The van der Waals surface area contributed by atoms with Gasteiger partial charge in [0, 0.05) is 18.3 Å². The van der Waals surface area contributed by atoms with Crippen LogP contribution in [0.15, 0.2) is 24.5 Å². The van der Waals surface area contributed by atoms with Crippen molar-refractivity contribution >= 4 is 5.97 Å². The first-order valence-corrected chi connectivity index (χ1v) is 5.55. The second kappa shape index (κ2) is 4.26. The van der Waals surface area contributed by atoms with Crippen LogP contribution in [-0.2, 0) is 4.79 Å². The zero-order valence-electron chi connectivity index (χ0n) is 9.44. The molecular weight excluding hydrogens is 247 g/mol. The van der Waals surface area contributed by atoms with Gasteiger partial charge in [-0.3, -0.25) is 9.78 Å². The first kappa shape index (κ1) is 12.9. The summed E-state index contributed by atoms with van der Waals surface area (Å²) in [5, 5.41) is 8.81. The van der Waals surface area contributed by atoms with Gasteiger partial charge >= 0.3 is 12.1 Å². The molecule has 6 heteroatoms. The number of carbonyl (C=O) groups is 1. The molecule has 1 aliphatic rings. The number of rotatable bonds is 4. The highest BCUT2D eigenvalue weighted by Gasteiger charge is 2.67. The molecule has 0 aliphatic heterocycles. The monoisotopic (exact) mass is 259 g/mol. The zero-order valence-corrected chi connectivity index (χ0v) is 9.44. The van der Waals surface area contributed by atoms with E-state index < -0.39 is 29.9 Å². The van der Waals surface area contributed by atoms with Crippen molar-refractivity contribution in [3.8, 4) is 0 Å². The van der Waals surface area contributed by atoms with Crippen molar-refractivity contribution in [3.05, 3.63) is 30.1 Å². The molecule has 18 heavy (non-hydrogen) atoms. The molecule has 1 aromatic rings. The SMILES string of the molecule is O=C(O)C[C@@H](c1cccnc1)C1(C(F)(F)F)CC1. The van der Waals surface area contributed by atoms with Crippen LogP contribution in [0.5, 0.6) is 0 Å². The van der Waals surface area contributed by atoms with Crippen LogP contribution in [0.2, 0.25) is 0 Å². The average Bonchev–Trinajstić information content (AvgIpc) is 3.07. The highest BCUT2D eigenvalue weighted by molar-refractivity contribution is 5.68. The van der Waals surface area contributed by atoms with Gasteiger partial charge in [-0.2, -0.15) is 13.2 Å². The fraction of sp³-hybridized carbons (Fsp3) is 0.500. The fourth-order valence-corrected chi connectivity index (χ4v) is 2.35. The van der Waals surface area contributed by atoms with Crippen molar-refractivity contribution in [2.75, 3.05) is 0 Å². The van der Waals surface area contributed by atoms with Crippen LogP contribution in [0, 0.1) is 5.41 Å². The molecule has 0 unspecified atom stereocenters. The minimum Gasteiger partial charge on any atom is -0.481 e. The Morgan fingerprint density at radius 3 is 2.56 bits per heavy atom. The Hall–Kier alpha value is -1.59. The van der Waals surface area contributed by atoms with Crippen LogP contribution in [0.25, 0.3) is 0 Å². The Balaban J connectivity index is 2.36. The third kappa shape index (κ3) is 2.19. The lowest BCUT2D eigenvalue weighted by molar-refractivity contribution is -0.195. The summed E-state index contributed by atoms with van der Waals surface area (Å²) in [6, 6.07) is 3.03. The normalized spacial score (nSPS) is 19.3. The summed E-state index contributed by atoms with van der Waals surface area (Å²) in [5.74, 6) is -2.27. The largest absolute Gasteiger partial charge is 0.481 e. The number of nitrogens with zero attached hydrogens (tertiary/aromatic N) is 1. The van der Waals surface area contributed by atoms with Gasteiger partial charge in [-0.15, -0.1) is 0 Å². The maximum atomic E-state index is 13.1. The molecule has 1 fully saturated rings. The standard InChI is InChI=1S/C12H12F3NO2/c13-12(14,15)11(3-4-11)9(6-10(17)18)8-2-1-5-16-7-8/h1-2,5,7,9H,3-4,6H2,(H,17,18)/t9-/m0/s1. The summed E-state index contributed by atoms with van der Waals surface area (Å²) >= 11 is 0. The van der Waals surface area contributed by atoms with E-state index in [2.05, 4.69) is 4.98 Å². The maximum absolute atomic E-state index is 13.1. The van der Waals surface area contributed by atoms with Crippen molar-refractivity contribution < 1.29 is 23.1 Å². The van der Waals surface area contributed by atoms with Gasteiger partial charge in [0.15, 0.2) is 0 Å². The van der Waals surface area contributed by atoms with E-state index in [1.54, 1.807) is 0 Å². The number of halogens is 3. The number of aliphatic carboxylic acids is 1. The van der Waals surface area contributed by atoms with Gasteiger partial charge in [0.25, 0.3) is 0 Å². The summed E-state index contributed by atoms with van der Waals surface area (Å²) in [6.45, 7) is 0. The molecule has 3 nitrogen and oxygen atoms in total. The lowest BCUT2D eigenvalue weighted by Crippen LogP contribution is -2.32. The lowest BCUT2D eigenvalue weighted by Gasteiger charge is -2.28. The summed E-state index contributed by atoms with van der Waals surface area (Å²) in [7, 11) is 0. The van der Waals surface area contributed by atoms with Crippen LogP contribution in [0.4, 0.5) is 13.2 Å². The van der Waals surface area contributed by atoms with E-state index in [0.717, 1.165) is 0 Å². The van der Waals surface area contributed by atoms with Gasteiger partial charge in [-0.05, 0) is 24.5 Å². The fourth-order valence-electron chi connectivity index (χ4n) is 2.35. The summed E-state index contributed by atoms with van der Waals surface area (Å²) in [4.78, 5) is 14.6. The predicted molar refractivity (Wildman–Crippen MR) is 57.0 cm³/mol. The molecule has 0 spiro atoms. The van der Waals surface area contributed by atoms with Gasteiger partial charge in [0.1, 0.15) is 0 Å². The van der Waals surface area contributed by atoms with Crippen molar-refractivity contribution in [3.63, 3.8) is 0 Å². The second-order valence-electron chi connectivity index (χ2n) is 4.59. The molecule has 0 saturated heterocycles. The van der Waals surface area contributed by atoms with Crippen LogP contribution >= 0.6 is 0 Å². The number of hydrogen-bond acceptors (Lipinski definition) is 2. The minimum atomic E-state index is -4.37. The van der Waals surface area contributed by atoms with E-state index in [-0.39, 0.29) is 12.8 Å². The third-order valence-corrected chi connectivity index (χ3v) is 3.49. The first-order valence-electron chi connectivity index (χ1n) is 5.55. The van der Waals surface area contributed by atoms with Gasteiger partial charge in [-0.25, -0.2) is 0 Å². The molecule has 0 bridgehead atoms. The van der Waals surface area contributed by atoms with Gasteiger partial charge < -0.3 is 5.11 Å². The molecule has 0 radical (unpaired) electrons. The molecule has 0 amide bonds. The molecule has 1 atom stereocenters. The number of pyridine rings is 1. The topological polar surface area (TPSA) is 50.2 Å². The molecule has 1 aromatic heterocycles. The number of aromatic nitrogens is 1. The van der Waals surface area contributed by atoms with E-state index in [1.165, 1.54) is 24.5 Å². The highest BCUT2D eigenvalue weighted by Crippen LogP contribution is 2.66. The third-order valence-electron chi connectivity index (χ3n) is 3.49. The van der Waals surface area contributed by atoms with Crippen LogP contribution in [0.1, 0.15) is 30.7 Å². The quantitative estimate of drug-likeness (QED) is 0.904. The smallest absolute Gasteiger partial charge is 0.395 e. The Bertz CT molecular complexity index is 440. The molecule has 0 aromatic carbocycles. The van der Waals surface area contributed by atoms with Crippen LogP contribution in [0.3, 0.4) is 0 Å². The average molecular weight is 259 g/mol. The zero-order chi connectivity index (χ0) is 13.4. The molecule has 1 heterocycles. The Kier molecular flexibility index (Phi) is 3.04. The number of alkyl halides is 3. The predicted octanol–water partition coefficient (Wildman–Crippen LogP) is 2.98. The van der Waals surface area contributed by atoms with E-state index in [4.69, 9.17) is 5.11 Å². The molecule has 1 N–H and O–H groups in total. The Morgan fingerprint density at radius 2 is 2.17 bits per heavy atom. The second-order valence-corrected chi connectivity index (χ2v) is 4.59. The Morgan fingerprint density at radius 1 is 1.50 bits per heavy atom. The molecule has 2 rings (SSSR count). The van der Waals surface area contributed by atoms with Crippen LogP contribution < -0.4 is 0 Å². The lowest BCUT2D eigenvalue weighted by atomic mass is 9.81. The van der Waals surface area contributed by atoms with Gasteiger partial charge in [0.2, 0.25) is 0 Å². The van der Waals surface area contributed by atoms with E-state index in [9.17, 15) is 18.0 Å². The summed E-state index contributed by atoms with van der Waals surface area (Å²) in [6.07, 6.45) is -2.14. The van der Waals surface area contributed by atoms with Crippen molar-refractivity contribution in [2.24, 2.45) is 5.41 Å². The summed E-state index contributed by atoms with van der Waals surface area (Å²) < 4.78 is 39.2. The number of hydrogen-bond donors (Lipinski definition) is 1.